The molecule has 1 heterocycles. The first-order valence-corrected chi connectivity index (χ1v) is 6.96. The average Bonchev–Trinajstić information content (AvgIpc) is 2.76. The van der Waals surface area contributed by atoms with Gasteiger partial charge in [-0.15, -0.1) is 11.3 Å². The molecule has 0 bridgehead atoms. The van der Waals surface area contributed by atoms with Crippen molar-refractivity contribution in [2.24, 2.45) is 0 Å². The first kappa shape index (κ1) is 13.6. The number of aliphatic hydroxyl groups is 1. The van der Waals surface area contributed by atoms with Crippen molar-refractivity contribution in [2.45, 2.75) is 19.4 Å². The molecule has 0 aliphatic rings. The normalized spacial score (nSPS) is 12.7. The Morgan fingerprint density at radius 2 is 2.00 bits per heavy atom. The quantitative estimate of drug-likeness (QED) is 0.827. The summed E-state index contributed by atoms with van der Waals surface area (Å²) in [6.45, 7) is 1.92. The second-order valence-corrected chi connectivity index (χ2v) is 6.16. The van der Waals surface area contributed by atoms with E-state index in [4.69, 9.17) is 0 Å². The molecule has 1 atom stereocenters. The van der Waals surface area contributed by atoms with Crippen LogP contribution in [0, 0.1) is 18.6 Å². The Bertz CT molecular complexity index is 568. The maximum Gasteiger partial charge on any atom is 0.143 e. The Kier molecular flexibility index (Phi) is 4.14. The van der Waals surface area contributed by atoms with Gasteiger partial charge in [0, 0.05) is 21.7 Å². The standard InChI is InChI=1S/C13H11BrF2OS/c1-7-2-5-12(18-7)11(17)6-8-10(15)4-3-9(14)13(8)16/h2-5,11,17H,6H2,1H3. The first-order valence-electron chi connectivity index (χ1n) is 5.36. The largest absolute Gasteiger partial charge is 0.387 e. The van der Waals surface area contributed by atoms with Crippen LogP contribution in [0.4, 0.5) is 8.78 Å². The van der Waals surface area contributed by atoms with E-state index in [0.29, 0.717) is 4.88 Å². The summed E-state index contributed by atoms with van der Waals surface area (Å²) in [7, 11) is 0. The third-order valence-electron chi connectivity index (χ3n) is 2.63. The second kappa shape index (κ2) is 5.47. The van der Waals surface area contributed by atoms with E-state index in [1.807, 2.05) is 13.0 Å². The zero-order valence-corrected chi connectivity index (χ0v) is 12.0. The van der Waals surface area contributed by atoms with Crippen molar-refractivity contribution in [2.75, 3.05) is 0 Å². The summed E-state index contributed by atoms with van der Waals surface area (Å²) >= 11 is 4.43. The molecular weight excluding hydrogens is 322 g/mol. The van der Waals surface area contributed by atoms with Gasteiger partial charge in [0.15, 0.2) is 0 Å². The summed E-state index contributed by atoms with van der Waals surface area (Å²) in [6, 6.07) is 6.15. The molecule has 0 saturated carbocycles. The number of hydrogen-bond donors (Lipinski definition) is 1. The third-order valence-corrected chi connectivity index (χ3v) is 4.34. The molecule has 96 valence electrons. The summed E-state index contributed by atoms with van der Waals surface area (Å²) in [4.78, 5) is 1.77. The minimum absolute atomic E-state index is 0.0724. The fourth-order valence-electron chi connectivity index (χ4n) is 1.68. The molecule has 1 aromatic carbocycles. The van der Waals surface area contributed by atoms with Crippen LogP contribution in [0.3, 0.4) is 0 Å². The molecule has 0 aliphatic heterocycles. The van der Waals surface area contributed by atoms with E-state index in [-0.39, 0.29) is 16.5 Å². The third kappa shape index (κ3) is 2.79. The van der Waals surface area contributed by atoms with Gasteiger partial charge >= 0.3 is 0 Å². The van der Waals surface area contributed by atoms with Crippen molar-refractivity contribution >= 4 is 27.3 Å². The van der Waals surface area contributed by atoms with Crippen LogP contribution in [-0.4, -0.2) is 5.11 Å². The predicted molar refractivity (Wildman–Crippen MR) is 71.8 cm³/mol. The van der Waals surface area contributed by atoms with Crippen LogP contribution in [0.15, 0.2) is 28.7 Å². The molecule has 0 radical (unpaired) electrons. The van der Waals surface area contributed by atoms with E-state index < -0.39 is 17.7 Å². The molecule has 18 heavy (non-hydrogen) atoms. The highest BCUT2D eigenvalue weighted by Crippen LogP contribution is 2.29. The smallest absolute Gasteiger partial charge is 0.143 e. The van der Waals surface area contributed by atoms with Gasteiger partial charge in [-0.05, 0) is 47.1 Å². The van der Waals surface area contributed by atoms with Gasteiger partial charge in [0.1, 0.15) is 11.6 Å². The van der Waals surface area contributed by atoms with Crippen LogP contribution in [0.2, 0.25) is 0 Å². The van der Waals surface area contributed by atoms with Crippen LogP contribution in [0.25, 0.3) is 0 Å². The molecule has 1 unspecified atom stereocenters. The Balaban J connectivity index is 2.27. The van der Waals surface area contributed by atoms with E-state index in [9.17, 15) is 13.9 Å². The Morgan fingerprint density at radius 3 is 2.61 bits per heavy atom. The lowest BCUT2D eigenvalue weighted by Crippen LogP contribution is -2.05. The van der Waals surface area contributed by atoms with E-state index in [1.54, 1.807) is 6.07 Å². The van der Waals surface area contributed by atoms with Gasteiger partial charge in [0.05, 0.1) is 10.6 Å². The minimum Gasteiger partial charge on any atom is -0.387 e. The maximum atomic E-state index is 13.7. The number of aliphatic hydroxyl groups excluding tert-OH is 1. The summed E-state index contributed by atoms with van der Waals surface area (Å²) in [5, 5.41) is 9.99. The zero-order valence-electron chi connectivity index (χ0n) is 9.58. The Labute approximate surface area is 116 Å². The molecule has 2 rings (SSSR count). The molecule has 0 amide bonds. The average molecular weight is 333 g/mol. The summed E-state index contributed by atoms with van der Waals surface area (Å²) < 4.78 is 27.5. The molecule has 2 aromatic rings. The molecule has 0 fully saturated rings. The van der Waals surface area contributed by atoms with Crippen LogP contribution in [0.5, 0.6) is 0 Å². The van der Waals surface area contributed by atoms with Crippen molar-refractivity contribution in [1.29, 1.82) is 0 Å². The van der Waals surface area contributed by atoms with Crippen molar-refractivity contribution in [3.8, 4) is 0 Å². The molecule has 0 saturated heterocycles. The van der Waals surface area contributed by atoms with Crippen molar-refractivity contribution < 1.29 is 13.9 Å². The number of benzene rings is 1. The van der Waals surface area contributed by atoms with Crippen molar-refractivity contribution in [3.63, 3.8) is 0 Å². The van der Waals surface area contributed by atoms with Gasteiger partial charge in [-0.1, -0.05) is 0 Å². The lowest BCUT2D eigenvalue weighted by Gasteiger charge is -2.11. The Morgan fingerprint density at radius 1 is 1.28 bits per heavy atom. The van der Waals surface area contributed by atoms with Crippen molar-refractivity contribution in [1.82, 2.24) is 0 Å². The highest BCUT2D eigenvalue weighted by molar-refractivity contribution is 9.10. The molecular formula is C13H11BrF2OS. The summed E-state index contributed by atoms with van der Waals surface area (Å²) in [5.41, 5.74) is -0.0945. The van der Waals surface area contributed by atoms with E-state index >= 15 is 0 Å². The van der Waals surface area contributed by atoms with Crippen LogP contribution in [0.1, 0.15) is 21.4 Å². The molecule has 0 aliphatic carbocycles. The molecule has 1 aromatic heterocycles. The van der Waals surface area contributed by atoms with Gasteiger partial charge in [0.25, 0.3) is 0 Å². The number of hydrogen-bond acceptors (Lipinski definition) is 2. The number of aryl methyl sites for hydroxylation is 1. The van der Waals surface area contributed by atoms with Crippen molar-refractivity contribution in [3.05, 3.63) is 55.7 Å². The SMILES string of the molecule is Cc1ccc(C(O)Cc2c(F)ccc(Br)c2F)s1. The maximum absolute atomic E-state index is 13.7. The zero-order chi connectivity index (χ0) is 13.3. The number of halogens is 3. The van der Waals surface area contributed by atoms with Gasteiger partial charge in [-0.25, -0.2) is 8.78 Å². The molecule has 1 nitrogen and oxygen atoms in total. The van der Waals surface area contributed by atoms with Crippen LogP contribution in [-0.2, 0) is 6.42 Å². The highest BCUT2D eigenvalue weighted by atomic mass is 79.9. The molecule has 1 N–H and O–H groups in total. The second-order valence-electron chi connectivity index (χ2n) is 3.99. The first-order chi connectivity index (χ1) is 8.49. The fraction of sp³-hybridized carbons (Fsp3) is 0.231. The van der Waals surface area contributed by atoms with E-state index in [2.05, 4.69) is 15.9 Å². The number of thiophene rings is 1. The van der Waals surface area contributed by atoms with Crippen LogP contribution < -0.4 is 0 Å². The van der Waals surface area contributed by atoms with Crippen LogP contribution >= 0.6 is 27.3 Å². The molecule has 5 heteroatoms. The van der Waals surface area contributed by atoms with Gasteiger partial charge in [0.2, 0.25) is 0 Å². The van der Waals surface area contributed by atoms with Gasteiger partial charge in [-0.3, -0.25) is 0 Å². The highest BCUT2D eigenvalue weighted by Gasteiger charge is 2.18. The minimum atomic E-state index is -0.887. The molecule has 0 spiro atoms. The van der Waals surface area contributed by atoms with Gasteiger partial charge < -0.3 is 5.11 Å². The lowest BCUT2D eigenvalue weighted by molar-refractivity contribution is 0.179. The van der Waals surface area contributed by atoms with E-state index in [0.717, 1.165) is 4.88 Å². The summed E-state index contributed by atoms with van der Waals surface area (Å²) in [5.74, 6) is -1.29. The Hall–Kier alpha value is -0.780. The fourth-order valence-corrected chi connectivity index (χ4v) is 2.92. The van der Waals surface area contributed by atoms with E-state index in [1.165, 1.54) is 23.5 Å². The topological polar surface area (TPSA) is 20.2 Å². The summed E-state index contributed by atoms with van der Waals surface area (Å²) in [6.07, 6.45) is -0.959. The lowest BCUT2D eigenvalue weighted by atomic mass is 10.1. The monoisotopic (exact) mass is 332 g/mol. The number of rotatable bonds is 3. The predicted octanol–water partition coefficient (Wildman–Crippen LogP) is 4.37. The van der Waals surface area contributed by atoms with Gasteiger partial charge in [-0.2, -0.15) is 0 Å².